The number of amides is 1. The van der Waals surface area contributed by atoms with Gasteiger partial charge in [-0.05, 0) is 37.5 Å². The maximum Gasteiger partial charge on any atom is 0.309 e. The van der Waals surface area contributed by atoms with Gasteiger partial charge < -0.3 is 10.1 Å². The van der Waals surface area contributed by atoms with Crippen LogP contribution in [0.2, 0.25) is 0 Å². The molecule has 2 rings (SSSR count). The average Bonchev–Trinajstić information content (AvgIpc) is 2.94. The van der Waals surface area contributed by atoms with Gasteiger partial charge in [-0.25, -0.2) is 0 Å². The second kappa shape index (κ2) is 6.88. The Balaban J connectivity index is 1.80. The normalized spacial score (nSPS) is 15.1. The fourth-order valence-corrected chi connectivity index (χ4v) is 2.66. The first-order valence-corrected chi connectivity index (χ1v) is 7.58. The Bertz CT molecular complexity index is 510. The molecule has 0 bridgehead atoms. The number of halogens is 1. The molecule has 0 spiro atoms. The molecule has 1 aromatic rings. The standard InChI is InChI=1S/C15H18BrNO3/c1-10-6-7-12(8-13(10)16)17-14(18)9-20-15(19)11-4-2-3-5-11/h6-8,11H,2-5,9H2,1H3,(H,17,18). The molecule has 1 saturated carbocycles. The van der Waals surface area contributed by atoms with Crippen molar-refractivity contribution in [2.45, 2.75) is 32.6 Å². The van der Waals surface area contributed by atoms with Crippen molar-refractivity contribution < 1.29 is 14.3 Å². The molecule has 0 radical (unpaired) electrons. The van der Waals surface area contributed by atoms with Crippen LogP contribution in [0.15, 0.2) is 22.7 Å². The van der Waals surface area contributed by atoms with Crippen LogP contribution in [0.5, 0.6) is 0 Å². The largest absolute Gasteiger partial charge is 0.455 e. The first-order valence-electron chi connectivity index (χ1n) is 6.79. The zero-order valence-corrected chi connectivity index (χ0v) is 13.0. The van der Waals surface area contributed by atoms with E-state index in [4.69, 9.17) is 4.74 Å². The highest BCUT2D eigenvalue weighted by Gasteiger charge is 2.24. The van der Waals surface area contributed by atoms with Gasteiger partial charge in [-0.1, -0.05) is 34.8 Å². The van der Waals surface area contributed by atoms with Crippen molar-refractivity contribution in [1.82, 2.24) is 0 Å². The molecule has 0 heterocycles. The molecule has 1 aliphatic carbocycles. The Kier molecular flexibility index (Phi) is 5.17. The van der Waals surface area contributed by atoms with Crippen LogP contribution in [-0.2, 0) is 14.3 Å². The van der Waals surface area contributed by atoms with Crippen LogP contribution in [0.4, 0.5) is 5.69 Å². The van der Waals surface area contributed by atoms with Crippen LogP contribution < -0.4 is 5.32 Å². The van der Waals surface area contributed by atoms with Gasteiger partial charge in [0.1, 0.15) is 0 Å². The summed E-state index contributed by atoms with van der Waals surface area (Å²) in [6.07, 6.45) is 3.91. The number of rotatable bonds is 4. The maximum absolute atomic E-state index is 11.7. The Hall–Kier alpha value is -1.36. The highest BCUT2D eigenvalue weighted by molar-refractivity contribution is 9.10. The molecule has 0 unspecified atom stereocenters. The van der Waals surface area contributed by atoms with E-state index in [0.717, 1.165) is 35.7 Å². The Morgan fingerprint density at radius 3 is 2.70 bits per heavy atom. The van der Waals surface area contributed by atoms with E-state index in [0.29, 0.717) is 5.69 Å². The van der Waals surface area contributed by atoms with Gasteiger partial charge in [-0.3, -0.25) is 9.59 Å². The summed E-state index contributed by atoms with van der Waals surface area (Å²) in [6, 6.07) is 5.55. The minimum Gasteiger partial charge on any atom is -0.455 e. The van der Waals surface area contributed by atoms with Crippen LogP contribution in [0.1, 0.15) is 31.2 Å². The predicted molar refractivity (Wildman–Crippen MR) is 80.4 cm³/mol. The lowest BCUT2D eigenvalue weighted by Crippen LogP contribution is -2.23. The van der Waals surface area contributed by atoms with Crippen LogP contribution in [0.3, 0.4) is 0 Å². The van der Waals surface area contributed by atoms with E-state index in [2.05, 4.69) is 21.2 Å². The third-order valence-electron chi connectivity index (χ3n) is 3.49. The molecular formula is C15H18BrNO3. The fourth-order valence-electron chi connectivity index (χ4n) is 2.28. The number of esters is 1. The van der Waals surface area contributed by atoms with Crippen molar-refractivity contribution >= 4 is 33.5 Å². The second-order valence-corrected chi connectivity index (χ2v) is 5.96. The summed E-state index contributed by atoms with van der Waals surface area (Å²) in [5, 5.41) is 2.71. The van der Waals surface area contributed by atoms with Gasteiger partial charge in [0, 0.05) is 10.2 Å². The molecule has 0 atom stereocenters. The molecule has 0 aliphatic heterocycles. The summed E-state index contributed by atoms with van der Waals surface area (Å²) < 4.78 is 5.98. The molecule has 1 fully saturated rings. The summed E-state index contributed by atoms with van der Waals surface area (Å²) in [7, 11) is 0. The number of carbonyl (C=O) groups excluding carboxylic acids is 2. The van der Waals surface area contributed by atoms with Gasteiger partial charge >= 0.3 is 5.97 Å². The molecule has 4 nitrogen and oxygen atoms in total. The van der Waals surface area contributed by atoms with Gasteiger partial charge in [0.05, 0.1) is 5.92 Å². The van der Waals surface area contributed by atoms with Gasteiger partial charge in [0.25, 0.3) is 5.91 Å². The topological polar surface area (TPSA) is 55.4 Å². The van der Waals surface area contributed by atoms with E-state index in [1.54, 1.807) is 0 Å². The van der Waals surface area contributed by atoms with E-state index in [-0.39, 0.29) is 24.4 Å². The van der Waals surface area contributed by atoms with Crippen molar-refractivity contribution in [1.29, 1.82) is 0 Å². The van der Waals surface area contributed by atoms with Crippen LogP contribution in [-0.4, -0.2) is 18.5 Å². The predicted octanol–water partition coefficient (Wildman–Crippen LogP) is 3.43. The molecule has 1 amide bonds. The summed E-state index contributed by atoms with van der Waals surface area (Å²) >= 11 is 3.41. The van der Waals surface area contributed by atoms with Crippen LogP contribution >= 0.6 is 15.9 Å². The summed E-state index contributed by atoms with van der Waals surface area (Å²) in [5.74, 6) is -0.578. The first kappa shape index (κ1) is 15.0. The number of hydrogen-bond donors (Lipinski definition) is 1. The van der Waals surface area contributed by atoms with Crippen molar-refractivity contribution in [3.63, 3.8) is 0 Å². The molecule has 1 aliphatic rings. The lowest BCUT2D eigenvalue weighted by Gasteiger charge is -2.10. The smallest absolute Gasteiger partial charge is 0.309 e. The molecule has 1 aromatic carbocycles. The van der Waals surface area contributed by atoms with Crippen molar-refractivity contribution in [2.24, 2.45) is 5.92 Å². The minimum absolute atomic E-state index is 0.0173. The number of aryl methyl sites for hydroxylation is 1. The first-order chi connectivity index (χ1) is 9.56. The Morgan fingerprint density at radius 1 is 1.35 bits per heavy atom. The number of carbonyl (C=O) groups is 2. The third-order valence-corrected chi connectivity index (χ3v) is 4.34. The van der Waals surface area contributed by atoms with E-state index < -0.39 is 0 Å². The highest BCUT2D eigenvalue weighted by atomic mass is 79.9. The van der Waals surface area contributed by atoms with E-state index in [1.165, 1.54) is 0 Å². The monoisotopic (exact) mass is 339 g/mol. The van der Waals surface area contributed by atoms with Crippen molar-refractivity contribution in [3.05, 3.63) is 28.2 Å². The number of benzene rings is 1. The number of ether oxygens (including phenoxy) is 1. The summed E-state index contributed by atoms with van der Waals surface area (Å²) in [4.78, 5) is 23.4. The summed E-state index contributed by atoms with van der Waals surface area (Å²) in [5.41, 5.74) is 1.78. The number of anilines is 1. The lowest BCUT2D eigenvalue weighted by atomic mass is 10.1. The van der Waals surface area contributed by atoms with Gasteiger partial charge in [-0.2, -0.15) is 0 Å². The number of nitrogens with one attached hydrogen (secondary N) is 1. The zero-order chi connectivity index (χ0) is 14.5. The second-order valence-electron chi connectivity index (χ2n) is 5.10. The van der Waals surface area contributed by atoms with Crippen molar-refractivity contribution in [2.75, 3.05) is 11.9 Å². The van der Waals surface area contributed by atoms with Gasteiger partial charge in [0.15, 0.2) is 6.61 Å². The quantitative estimate of drug-likeness (QED) is 0.855. The van der Waals surface area contributed by atoms with E-state index in [9.17, 15) is 9.59 Å². The zero-order valence-electron chi connectivity index (χ0n) is 11.4. The average molecular weight is 340 g/mol. The number of hydrogen-bond acceptors (Lipinski definition) is 3. The fraction of sp³-hybridized carbons (Fsp3) is 0.467. The molecule has 1 N–H and O–H groups in total. The Morgan fingerprint density at radius 2 is 2.05 bits per heavy atom. The van der Waals surface area contributed by atoms with E-state index in [1.807, 2.05) is 25.1 Å². The minimum atomic E-state index is -0.313. The molecular weight excluding hydrogens is 322 g/mol. The molecule has 0 saturated heterocycles. The van der Waals surface area contributed by atoms with Crippen LogP contribution in [0.25, 0.3) is 0 Å². The molecule has 5 heteroatoms. The SMILES string of the molecule is Cc1ccc(NC(=O)COC(=O)C2CCCC2)cc1Br. The molecule has 0 aromatic heterocycles. The molecule has 108 valence electrons. The van der Waals surface area contributed by atoms with Gasteiger partial charge in [-0.15, -0.1) is 0 Å². The van der Waals surface area contributed by atoms with E-state index >= 15 is 0 Å². The van der Waals surface area contributed by atoms with Crippen molar-refractivity contribution in [3.8, 4) is 0 Å². The lowest BCUT2D eigenvalue weighted by molar-refractivity contribution is -0.151. The summed E-state index contributed by atoms with van der Waals surface area (Å²) in [6.45, 7) is 1.75. The van der Waals surface area contributed by atoms with Gasteiger partial charge in [0.2, 0.25) is 0 Å². The maximum atomic E-state index is 11.7. The third kappa shape index (κ3) is 4.07. The highest BCUT2D eigenvalue weighted by Crippen LogP contribution is 2.25. The van der Waals surface area contributed by atoms with Crippen LogP contribution in [0, 0.1) is 12.8 Å². The Labute approximate surface area is 127 Å². The molecule has 20 heavy (non-hydrogen) atoms.